The van der Waals surface area contributed by atoms with E-state index in [-0.39, 0.29) is 12.0 Å². The van der Waals surface area contributed by atoms with Gasteiger partial charge < -0.3 is 4.74 Å². The second kappa shape index (κ2) is 9.53. The number of thiazole rings is 1. The van der Waals surface area contributed by atoms with Crippen LogP contribution in [0.2, 0.25) is 5.02 Å². The zero-order valence-electron chi connectivity index (χ0n) is 19.4. The second-order valence-electron chi connectivity index (χ2n) is 8.31. The maximum atomic E-state index is 13.6. The van der Waals surface area contributed by atoms with Crippen LogP contribution in [0.5, 0.6) is 5.75 Å². The van der Waals surface area contributed by atoms with Crippen LogP contribution in [0.1, 0.15) is 41.2 Å². The Morgan fingerprint density at radius 3 is 2.52 bits per heavy atom. The van der Waals surface area contributed by atoms with Crippen LogP contribution in [0.15, 0.2) is 42.5 Å². The minimum atomic E-state index is -0.115. The molecular weight excluding hydrogens is 456 g/mol. The summed E-state index contributed by atoms with van der Waals surface area (Å²) < 4.78 is 8.64. The Labute approximate surface area is 202 Å². The van der Waals surface area contributed by atoms with E-state index in [1.54, 1.807) is 17.0 Å². The predicted octanol–water partition coefficient (Wildman–Crippen LogP) is 6.21. The normalized spacial score (nSPS) is 11.4. The van der Waals surface area contributed by atoms with Gasteiger partial charge in [-0.1, -0.05) is 22.9 Å². The first-order valence-corrected chi connectivity index (χ1v) is 12.1. The fourth-order valence-electron chi connectivity index (χ4n) is 3.69. The van der Waals surface area contributed by atoms with Gasteiger partial charge in [0.2, 0.25) is 0 Å². The van der Waals surface area contributed by atoms with Crippen molar-refractivity contribution in [3.63, 3.8) is 0 Å². The lowest BCUT2D eigenvalue weighted by Crippen LogP contribution is -2.34. The van der Waals surface area contributed by atoms with Crippen LogP contribution in [0.4, 0.5) is 5.13 Å². The first-order valence-electron chi connectivity index (χ1n) is 10.9. The van der Waals surface area contributed by atoms with Gasteiger partial charge in [0.05, 0.1) is 28.6 Å². The quantitative estimate of drug-likeness (QED) is 0.314. The first kappa shape index (κ1) is 23.3. The highest BCUT2D eigenvalue weighted by Crippen LogP contribution is 2.34. The van der Waals surface area contributed by atoms with Crippen molar-refractivity contribution >= 4 is 44.2 Å². The highest BCUT2D eigenvalue weighted by atomic mass is 35.5. The molecule has 0 saturated heterocycles. The largest absolute Gasteiger partial charge is 0.491 e. The number of hydrogen-bond donors (Lipinski definition) is 0. The summed E-state index contributed by atoms with van der Waals surface area (Å²) in [5.74, 6) is 0.622. The molecule has 0 aliphatic rings. The number of rotatable bonds is 7. The maximum absolute atomic E-state index is 13.6. The monoisotopic (exact) mass is 482 g/mol. The molecule has 0 fully saturated rings. The molecule has 6 nitrogen and oxygen atoms in total. The van der Waals surface area contributed by atoms with E-state index in [1.807, 2.05) is 69.6 Å². The molecule has 2 aromatic heterocycles. The summed E-state index contributed by atoms with van der Waals surface area (Å²) in [5, 5.41) is 5.85. The van der Waals surface area contributed by atoms with Crippen LogP contribution < -0.4 is 9.64 Å². The number of halogens is 1. The van der Waals surface area contributed by atoms with Crippen molar-refractivity contribution in [1.29, 1.82) is 0 Å². The number of anilines is 1. The Morgan fingerprint density at radius 2 is 1.88 bits per heavy atom. The number of ether oxygens (including phenoxy) is 1. The molecular formula is C25H27ClN4O2S. The van der Waals surface area contributed by atoms with Gasteiger partial charge in [-0.2, -0.15) is 5.10 Å². The predicted molar refractivity (Wildman–Crippen MR) is 135 cm³/mol. The van der Waals surface area contributed by atoms with E-state index in [9.17, 15) is 4.79 Å². The highest BCUT2D eigenvalue weighted by molar-refractivity contribution is 7.22. The van der Waals surface area contributed by atoms with Gasteiger partial charge >= 0.3 is 0 Å². The number of amides is 1. The molecule has 8 heteroatoms. The van der Waals surface area contributed by atoms with Crippen LogP contribution in [0, 0.1) is 20.8 Å². The summed E-state index contributed by atoms with van der Waals surface area (Å²) in [4.78, 5) is 20.1. The van der Waals surface area contributed by atoms with Crippen LogP contribution in [-0.2, 0) is 6.54 Å². The lowest BCUT2D eigenvalue weighted by Gasteiger charge is -2.20. The van der Waals surface area contributed by atoms with Crippen LogP contribution in [0.3, 0.4) is 0 Å². The average molecular weight is 483 g/mol. The number of hydrogen-bond acceptors (Lipinski definition) is 5. The molecule has 0 aliphatic heterocycles. The fraction of sp³-hybridized carbons (Fsp3) is 0.320. The molecule has 0 saturated carbocycles. The van der Waals surface area contributed by atoms with Gasteiger partial charge in [0.1, 0.15) is 5.75 Å². The van der Waals surface area contributed by atoms with Gasteiger partial charge in [-0.25, -0.2) is 4.98 Å². The van der Waals surface area contributed by atoms with Crippen LogP contribution in [-0.4, -0.2) is 33.3 Å². The molecule has 2 heterocycles. The molecule has 1 amide bonds. The third kappa shape index (κ3) is 5.04. The van der Waals surface area contributed by atoms with Crippen molar-refractivity contribution in [3.8, 4) is 5.75 Å². The number of benzene rings is 2. The molecule has 0 bridgehead atoms. The molecule has 2 aromatic carbocycles. The lowest BCUT2D eigenvalue weighted by atomic mass is 10.2. The topological polar surface area (TPSA) is 60.2 Å². The van der Waals surface area contributed by atoms with E-state index in [4.69, 9.17) is 21.3 Å². The molecule has 0 aliphatic carbocycles. The summed E-state index contributed by atoms with van der Waals surface area (Å²) in [6.07, 6.45) is 0.0710. The SMILES string of the molecule is Cc1cc(C)n(CCN(C(=O)c2ccc(OC(C)C)cc2)c2nc3c(C)c(Cl)ccc3s2)n1. The smallest absolute Gasteiger partial charge is 0.260 e. The molecule has 4 rings (SSSR count). The number of carbonyl (C=O) groups is 1. The third-order valence-corrected chi connectivity index (χ3v) is 6.78. The molecule has 0 radical (unpaired) electrons. The number of carbonyl (C=O) groups excluding carboxylic acids is 1. The number of nitrogens with zero attached hydrogens (tertiary/aromatic N) is 4. The molecule has 172 valence electrons. The van der Waals surface area contributed by atoms with Crippen molar-refractivity contribution in [2.75, 3.05) is 11.4 Å². The standard InChI is InChI=1S/C25H27ClN4O2S/c1-15(2)32-20-8-6-19(7-9-20)24(31)29(12-13-30-17(4)14-16(3)28-30)25-27-23-18(5)21(26)10-11-22(23)33-25/h6-11,14-15H,12-13H2,1-5H3. The lowest BCUT2D eigenvalue weighted by molar-refractivity contribution is 0.0985. The molecule has 0 atom stereocenters. The van der Waals surface area contributed by atoms with Crippen molar-refractivity contribution in [2.45, 2.75) is 47.3 Å². The molecule has 0 N–H and O–H groups in total. The average Bonchev–Trinajstić information content (AvgIpc) is 3.34. The van der Waals surface area contributed by atoms with E-state index >= 15 is 0 Å². The van der Waals surface area contributed by atoms with Crippen LogP contribution >= 0.6 is 22.9 Å². The molecule has 0 spiro atoms. The summed E-state index contributed by atoms with van der Waals surface area (Å²) in [6, 6.07) is 13.1. The Hall–Kier alpha value is -2.90. The Morgan fingerprint density at radius 1 is 1.15 bits per heavy atom. The zero-order chi connectivity index (χ0) is 23.7. The van der Waals surface area contributed by atoms with E-state index in [2.05, 4.69) is 5.10 Å². The minimum absolute atomic E-state index is 0.0710. The summed E-state index contributed by atoms with van der Waals surface area (Å²) >= 11 is 7.80. The van der Waals surface area contributed by atoms with Gasteiger partial charge in [0, 0.05) is 22.8 Å². The van der Waals surface area contributed by atoms with Gasteiger partial charge in [0.25, 0.3) is 5.91 Å². The van der Waals surface area contributed by atoms with Gasteiger partial charge in [-0.3, -0.25) is 14.4 Å². The van der Waals surface area contributed by atoms with Gasteiger partial charge in [0.15, 0.2) is 5.13 Å². The number of fused-ring (bicyclic) bond motifs is 1. The van der Waals surface area contributed by atoms with Crippen molar-refractivity contribution < 1.29 is 9.53 Å². The van der Waals surface area contributed by atoms with Gasteiger partial charge in [-0.15, -0.1) is 0 Å². The third-order valence-electron chi connectivity index (χ3n) is 5.32. The van der Waals surface area contributed by atoms with Crippen molar-refractivity contribution in [2.24, 2.45) is 0 Å². The highest BCUT2D eigenvalue weighted by Gasteiger charge is 2.23. The van der Waals surface area contributed by atoms with E-state index in [1.165, 1.54) is 11.3 Å². The van der Waals surface area contributed by atoms with Crippen LogP contribution in [0.25, 0.3) is 10.2 Å². The van der Waals surface area contributed by atoms with E-state index < -0.39 is 0 Å². The molecule has 0 unspecified atom stereocenters. The Balaban J connectivity index is 1.68. The van der Waals surface area contributed by atoms with Gasteiger partial charge in [-0.05, 0) is 82.6 Å². The maximum Gasteiger partial charge on any atom is 0.260 e. The van der Waals surface area contributed by atoms with E-state index in [0.717, 1.165) is 32.9 Å². The van der Waals surface area contributed by atoms with Crippen molar-refractivity contribution in [3.05, 3.63) is 70.0 Å². The first-order chi connectivity index (χ1) is 15.7. The second-order valence-corrected chi connectivity index (χ2v) is 9.73. The Kier molecular flexibility index (Phi) is 6.72. The fourth-order valence-corrected chi connectivity index (χ4v) is 4.89. The number of aromatic nitrogens is 3. The van der Waals surface area contributed by atoms with Crippen molar-refractivity contribution in [1.82, 2.24) is 14.8 Å². The molecule has 33 heavy (non-hydrogen) atoms. The zero-order valence-corrected chi connectivity index (χ0v) is 21.0. The Bertz CT molecular complexity index is 1290. The summed E-state index contributed by atoms with van der Waals surface area (Å²) in [6.45, 7) is 10.9. The number of aryl methyl sites for hydroxylation is 3. The summed E-state index contributed by atoms with van der Waals surface area (Å²) in [5.41, 5.74) is 4.33. The molecule has 4 aromatic rings. The summed E-state index contributed by atoms with van der Waals surface area (Å²) in [7, 11) is 0. The minimum Gasteiger partial charge on any atom is -0.491 e. The van der Waals surface area contributed by atoms with E-state index in [0.29, 0.717) is 28.8 Å².